The van der Waals surface area contributed by atoms with Crippen LogP contribution in [0.1, 0.15) is 19.4 Å². The van der Waals surface area contributed by atoms with Crippen molar-refractivity contribution in [2.24, 2.45) is 4.99 Å². The first kappa shape index (κ1) is 10.5. The van der Waals surface area contributed by atoms with E-state index in [9.17, 15) is 0 Å². The SMILES string of the molecule is C=Cc1cncnc1N=C.CC. The molecule has 0 N–H and O–H groups in total. The van der Waals surface area contributed by atoms with Crippen LogP contribution in [0.3, 0.4) is 0 Å². The Morgan fingerprint density at radius 1 is 1.50 bits per heavy atom. The maximum atomic E-state index is 3.86. The summed E-state index contributed by atoms with van der Waals surface area (Å²) < 4.78 is 0. The van der Waals surface area contributed by atoms with Crippen LogP contribution in [0.2, 0.25) is 0 Å². The molecule has 0 aliphatic rings. The number of hydrogen-bond acceptors (Lipinski definition) is 3. The molecule has 0 saturated heterocycles. The van der Waals surface area contributed by atoms with Gasteiger partial charge in [-0.3, -0.25) is 0 Å². The van der Waals surface area contributed by atoms with Crippen LogP contribution in [0.15, 0.2) is 24.1 Å². The Kier molecular flexibility index (Phi) is 5.43. The number of aromatic nitrogens is 2. The highest BCUT2D eigenvalue weighted by Gasteiger charge is 1.93. The van der Waals surface area contributed by atoms with E-state index in [-0.39, 0.29) is 0 Å². The Morgan fingerprint density at radius 3 is 2.58 bits per heavy atom. The van der Waals surface area contributed by atoms with Crippen molar-refractivity contribution in [3.63, 3.8) is 0 Å². The van der Waals surface area contributed by atoms with Gasteiger partial charge in [0, 0.05) is 11.8 Å². The molecule has 1 aromatic rings. The first-order valence-electron chi connectivity index (χ1n) is 3.77. The summed E-state index contributed by atoms with van der Waals surface area (Å²) in [5, 5.41) is 0. The Hall–Kier alpha value is -1.51. The molecular formula is C9H13N3. The Balaban J connectivity index is 0.000000561. The Morgan fingerprint density at radius 2 is 2.17 bits per heavy atom. The van der Waals surface area contributed by atoms with E-state index in [4.69, 9.17) is 0 Å². The molecule has 0 bridgehead atoms. The average Bonchev–Trinajstić information content (AvgIpc) is 2.20. The molecule has 3 heteroatoms. The summed E-state index contributed by atoms with van der Waals surface area (Å²) in [6.45, 7) is 10.9. The van der Waals surface area contributed by atoms with Crippen LogP contribution in [0.4, 0.5) is 5.82 Å². The second-order valence-corrected chi connectivity index (χ2v) is 1.66. The van der Waals surface area contributed by atoms with Gasteiger partial charge in [-0.1, -0.05) is 26.5 Å². The third-order valence-corrected chi connectivity index (χ3v) is 1.09. The second-order valence-electron chi connectivity index (χ2n) is 1.66. The molecule has 0 aromatic carbocycles. The quantitative estimate of drug-likeness (QED) is 0.628. The molecule has 0 atom stereocenters. The lowest BCUT2D eigenvalue weighted by atomic mass is 10.3. The van der Waals surface area contributed by atoms with E-state index in [0.29, 0.717) is 5.82 Å². The van der Waals surface area contributed by atoms with Crippen LogP contribution in [0, 0.1) is 0 Å². The lowest BCUT2D eigenvalue weighted by Crippen LogP contribution is -1.80. The fraction of sp³-hybridized carbons (Fsp3) is 0.222. The number of rotatable bonds is 2. The smallest absolute Gasteiger partial charge is 0.161 e. The van der Waals surface area contributed by atoms with Crippen LogP contribution in [-0.4, -0.2) is 16.7 Å². The largest absolute Gasteiger partial charge is 0.244 e. The topological polar surface area (TPSA) is 38.1 Å². The fourth-order valence-corrected chi connectivity index (χ4v) is 0.610. The molecule has 0 spiro atoms. The zero-order valence-corrected chi connectivity index (χ0v) is 7.49. The van der Waals surface area contributed by atoms with Gasteiger partial charge in [0.2, 0.25) is 0 Å². The molecule has 0 amide bonds. The van der Waals surface area contributed by atoms with Crippen molar-refractivity contribution in [2.75, 3.05) is 0 Å². The van der Waals surface area contributed by atoms with Crippen LogP contribution in [0.5, 0.6) is 0 Å². The Labute approximate surface area is 72.9 Å². The zero-order valence-electron chi connectivity index (χ0n) is 7.49. The van der Waals surface area contributed by atoms with Crippen molar-refractivity contribution in [1.82, 2.24) is 9.97 Å². The summed E-state index contributed by atoms with van der Waals surface area (Å²) in [4.78, 5) is 11.3. The third kappa shape index (κ3) is 2.62. The molecule has 12 heavy (non-hydrogen) atoms. The van der Waals surface area contributed by atoms with Gasteiger partial charge < -0.3 is 0 Å². The molecule has 0 saturated carbocycles. The Bertz CT molecular complexity index is 229. The monoisotopic (exact) mass is 163 g/mol. The summed E-state index contributed by atoms with van der Waals surface area (Å²) in [7, 11) is 0. The average molecular weight is 163 g/mol. The van der Waals surface area contributed by atoms with Crippen molar-refractivity contribution in [3.05, 3.63) is 24.7 Å². The van der Waals surface area contributed by atoms with Gasteiger partial charge in [-0.05, 0) is 6.72 Å². The van der Waals surface area contributed by atoms with Crippen molar-refractivity contribution in [3.8, 4) is 0 Å². The number of aliphatic imine (C=N–C) groups is 1. The fourth-order valence-electron chi connectivity index (χ4n) is 0.610. The first-order chi connectivity index (χ1) is 5.88. The highest BCUT2D eigenvalue weighted by Crippen LogP contribution is 2.12. The standard InChI is InChI=1S/C7H7N3.C2H6/c1-3-6-4-9-5-10-7(6)8-2;1-2/h3-5H,1-2H2;1-2H3. The lowest BCUT2D eigenvalue weighted by molar-refractivity contribution is 1.15. The van der Waals surface area contributed by atoms with E-state index in [0.717, 1.165) is 5.56 Å². The maximum absolute atomic E-state index is 3.86. The van der Waals surface area contributed by atoms with Gasteiger partial charge in [0.25, 0.3) is 0 Å². The summed E-state index contributed by atoms with van der Waals surface area (Å²) in [6, 6.07) is 0. The normalized spacial score (nSPS) is 7.83. The molecule has 0 aliphatic carbocycles. The first-order valence-corrected chi connectivity index (χ1v) is 3.77. The van der Waals surface area contributed by atoms with Crippen LogP contribution in [0.25, 0.3) is 6.08 Å². The van der Waals surface area contributed by atoms with E-state index >= 15 is 0 Å². The predicted molar refractivity (Wildman–Crippen MR) is 52.7 cm³/mol. The van der Waals surface area contributed by atoms with E-state index in [1.54, 1.807) is 12.3 Å². The lowest BCUT2D eigenvalue weighted by Gasteiger charge is -1.93. The summed E-state index contributed by atoms with van der Waals surface area (Å²) >= 11 is 0. The molecule has 0 radical (unpaired) electrons. The van der Waals surface area contributed by atoms with Crippen molar-refractivity contribution < 1.29 is 0 Å². The van der Waals surface area contributed by atoms with E-state index in [2.05, 4.69) is 28.3 Å². The predicted octanol–water partition coefficient (Wildman–Crippen LogP) is 2.48. The van der Waals surface area contributed by atoms with Crippen LogP contribution < -0.4 is 0 Å². The van der Waals surface area contributed by atoms with E-state index in [1.807, 2.05) is 13.8 Å². The number of nitrogens with zero attached hydrogens (tertiary/aromatic N) is 3. The van der Waals surface area contributed by atoms with E-state index < -0.39 is 0 Å². The number of hydrogen-bond donors (Lipinski definition) is 0. The highest BCUT2D eigenvalue weighted by molar-refractivity contribution is 5.59. The molecule has 3 nitrogen and oxygen atoms in total. The molecular weight excluding hydrogens is 150 g/mol. The van der Waals surface area contributed by atoms with Crippen molar-refractivity contribution in [1.29, 1.82) is 0 Å². The summed E-state index contributed by atoms with van der Waals surface area (Å²) in [5.74, 6) is 0.574. The summed E-state index contributed by atoms with van der Waals surface area (Å²) in [6.07, 6.45) is 4.71. The zero-order chi connectivity index (χ0) is 9.40. The minimum atomic E-state index is 0.574. The maximum Gasteiger partial charge on any atom is 0.161 e. The van der Waals surface area contributed by atoms with Gasteiger partial charge in [-0.15, -0.1) is 0 Å². The van der Waals surface area contributed by atoms with Gasteiger partial charge in [-0.2, -0.15) is 0 Å². The molecule has 1 rings (SSSR count). The molecule has 64 valence electrons. The highest BCUT2D eigenvalue weighted by atomic mass is 14.9. The van der Waals surface area contributed by atoms with Crippen LogP contribution in [-0.2, 0) is 0 Å². The van der Waals surface area contributed by atoms with Crippen molar-refractivity contribution in [2.45, 2.75) is 13.8 Å². The van der Waals surface area contributed by atoms with Gasteiger partial charge >= 0.3 is 0 Å². The van der Waals surface area contributed by atoms with Gasteiger partial charge in [-0.25, -0.2) is 15.0 Å². The second kappa shape index (κ2) is 6.22. The third-order valence-electron chi connectivity index (χ3n) is 1.09. The van der Waals surface area contributed by atoms with Crippen LogP contribution >= 0.6 is 0 Å². The minimum Gasteiger partial charge on any atom is -0.244 e. The van der Waals surface area contributed by atoms with Gasteiger partial charge in [0.15, 0.2) is 5.82 Å². The minimum absolute atomic E-state index is 0.574. The molecule has 0 aliphatic heterocycles. The van der Waals surface area contributed by atoms with Crippen molar-refractivity contribution >= 4 is 18.6 Å². The molecule has 0 fully saturated rings. The summed E-state index contributed by atoms with van der Waals surface area (Å²) in [5.41, 5.74) is 0.803. The molecule has 1 aromatic heterocycles. The van der Waals surface area contributed by atoms with E-state index in [1.165, 1.54) is 6.33 Å². The molecule has 1 heterocycles. The molecule has 0 unspecified atom stereocenters. The van der Waals surface area contributed by atoms with Gasteiger partial charge in [0.1, 0.15) is 6.33 Å². The van der Waals surface area contributed by atoms with Gasteiger partial charge in [0.05, 0.1) is 0 Å².